The Hall–Kier alpha value is -2.83. The summed E-state index contributed by atoms with van der Waals surface area (Å²) < 4.78 is 12.8. The van der Waals surface area contributed by atoms with Crippen LogP contribution in [0.1, 0.15) is 38.5 Å². The molecule has 0 N–H and O–H groups in total. The summed E-state index contributed by atoms with van der Waals surface area (Å²) in [5, 5.41) is 4.48. The molecule has 0 atom stereocenters. The van der Waals surface area contributed by atoms with E-state index in [1.165, 1.54) is 38.5 Å². The van der Waals surface area contributed by atoms with Crippen molar-refractivity contribution in [2.45, 2.75) is 38.5 Å². The Kier molecular flexibility index (Phi) is 5.60. The molecule has 3 aromatic rings. The van der Waals surface area contributed by atoms with E-state index in [2.05, 4.69) is 20.0 Å². The van der Waals surface area contributed by atoms with Crippen molar-refractivity contribution in [1.29, 1.82) is 0 Å². The molecular formula is C21H27N5O2. The second-order valence-corrected chi connectivity index (χ2v) is 7.15. The van der Waals surface area contributed by atoms with Crippen LogP contribution in [0.2, 0.25) is 0 Å². The highest BCUT2D eigenvalue weighted by molar-refractivity contribution is 5.78. The molecule has 28 heavy (non-hydrogen) atoms. The largest absolute Gasteiger partial charge is 0.493 e. The molecule has 7 heteroatoms. The van der Waals surface area contributed by atoms with E-state index in [1.54, 1.807) is 20.5 Å². The van der Waals surface area contributed by atoms with E-state index in [-0.39, 0.29) is 0 Å². The van der Waals surface area contributed by atoms with Crippen molar-refractivity contribution < 1.29 is 9.47 Å². The van der Waals surface area contributed by atoms with Gasteiger partial charge in [0, 0.05) is 24.8 Å². The first-order chi connectivity index (χ1) is 13.8. The maximum Gasteiger partial charge on any atom is 0.254 e. The van der Waals surface area contributed by atoms with Crippen LogP contribution >= 0.6 is 0 Å². The topological polar surface area (TPSA) is 64.8 Å². The molecule has 0 spiro atoms. The van der Waals surface area contributed by atoms with Crippen LogP contribution < -0.4 is 14.4 Å². The molecule has 3 heterocycles. The van der Waals surface area contributed by atoms with E-state index in [1.807, 2.05) is 28.9 Å². The Morgan fingerprint density at radius 2 is 1.57 bits per heavy atom. The highest BCUT2D eigenvalue weighted by Gasteiger charge is 2.20. The first-order valence-corrected chi connectivity index (χ1v) is 9.98. The van der Waals surface area contributed by atoms with Gasteiger partial charge in [-0.2, -0.15) is 14.6 Å². The van der Waals surface area contributed by atoms with E-state index >= 15 is 0 Å². The highest BCUT2D eigenvalue weighted by atomic mass is 16.5. The van der Waals surface area contributed by atoms with Gasteiger partial charge in [-0.05, 0) is 30.5 Å². The Labute approximate surface area is 165 Å². The summed E-state index contributed by atoms with van der Waals surface area (Å²) in [4.78, 5) is 11.3. The van der Waals surface area contributed by atoms with Crippen LogP contribution in [-0.2, 0) is 0 Å². The van der Waals surface area contributed by atoms with Crippen molar-refractivity contribution in [3.8, 4) is 22.6 Å². The monoisotopic (exact) mass is 381 g/mol. The van der Waals surface area contributed by atoms with Crippen LogP contribution in [0.3, 0.4) is 0 Å². The quantitative estimate of drug-likeness (QED) is 0.681. The van der Waals surface area contributed by atoms with Gasteiger partial charge in [-0.15, -0.1) is 0 Å². The third-order valence-electron chi connectivity index (χ3n) is 5.38. The molecule has 2 aromatic heterocycles. The molecule has 7 nitrogen and oxygen atoms in total. The van der Waals surface area contributed by atoms with Crippen LogP contribution in [0.5, 0.6) is 11.5 Å². The zero-order valence-corrected chi connectivity index (χ0v) is 16.6. The number of aromatic nitrogens is 4. The minimum atomic E-state index is 0.624. The fraction of sp³-hybridized carbons (Fsp3) is 0.476. The molecule has 0 radical (unpaired) electrons. The van der Waals surface area contributed by atoms with E-state index < -0.39 is 0 Å². The van der Waals surface area contributed by atoms with E-state index in [0.29, 0.717) is 17.3 Å². The first kappa shape index (κ1) is 18.5. The van der Waals surface area contributed by atoms with Gasteiger partial charge in [-0.25, -0.2) is 4.98 Å². The Morgan fingerprint density at radius 1 is 0.857 bits per heavy atom. The van der Waals surface area contributed by atoms with Gasteiger partial charge in [-0.3, -0.25) is 0 Å². The van der Waals surface area contributed by atoms with E-state index in [9.17, 15) is 0 Å². The number of benzene rings is 1. The molecule has 1 aliphatic heterocycles. The van der Waals surface area contributed by atoms with Crippen molar-refractivity contribution in [3.63, 3.8) is 0 Å². The van der Waals surface area contributed by atoms with Gasteiger partial charge in [-0.1, -0.05) is 31.7 Å². The Morgan fingerprint density at radius 3 is 2.29 bits per heavy atom. The van der Waals surface area contributed by atoms with Crippen molar-refractivity contribution in [1.82, 2.24) is 19.6 Å². The number of rotatable bonds is 4. The maximum atomic E-state index is 5.52. The van der Waals surface area contributed by atoms with E-state index in [0.717, 1.165) is 30.0 Å². The van der Waals surface area contributed by atoms with Crippen LogP contribution in [0.4, 0.5) is 5.82 Å². The minimum Gasteiger partial charge on any atom is -0.493 e. The van der Waals surface area contributed by atoms with Crippen LogP contribution in [0.25, 0.3) is 16.9 Å². The fourth-order valence-electron chi connectivity index (χ4n) is 3.91. The van der Waals surface area contributed by atoms with Gasteiger partial charge in [0.05, 0.1) is 14.2 Å². The van der Waals surface area contributed by atoms with Gasteiger partial charge < -0.3 is 14.4 Å². The average molecular weight is 381 g/mol. The third kappa shape index (κ3) is 3.61. The lowest BCUT2D eigenvalue weighted by atomic mass is 10.1. The minimum absolute atomic E-state index is 0.624. The van der Waals surface area contributed by atoms with Crippen LogP contribution in [-0.4, -0.2) is 46.9 Å². The number of hydrogen-bond acceptors (Lipinski definition) is 6. The van der Waals surface area contributed by atoms with Gasteiger partial charge >= 0.3 is 0 Å². The lowest BCUT2D eigenvalue weighted by Gasteiger charge is -2.27. The van der Waals surface area contributed by atoms with Crippen molar-refractivity contribution in [2.24, 2.45) is 0 Å². The molecule has 0 amide bonds. The molecule has 0 aliphatic carbocycles. The summed E-state index contributed by atoms with van der Waals surface area (Å²) >= 11 is 0. The van der Waals surface area contributed by atoms with E-state index in [4.69, 9.17) is 9.47 Å². The molecule has 0 unspecified atom stereocenters. The van der Waals surface area contributed by atoms with Crippen molar-refractivity contribution in [2.75, 3.05) is 32.2 Å². The van der Waals surface area contributed by atoms with Crippen LogP contribution in [0, 0.1) is 0 Å². The molecule has 1 aromatic carbocycles. The molecule has 1 fully saturated rings. The predicted octanol–water partition coefficient (Wildman–Crippen LogP) is 3.97. The summed E-state index contributed by atoms with van der Waals surface area (Å²) in [5.74, 6) is 3.09. The van der Waals surface area contributed by atoms with Crippen LogP contribution in [0.15, 0.2) is 30.7 Å². The number of methoxy groups -OCH3 is 2. The second kappa shape index (κ2) is 8.46. The molecule has 0 bridgehead atoms. The maximum absolute atomic E-state index is 5.52. The van der Waals surface area contributed by atoms with Gasteiger partial charge in [0.1, 0.15) is 12.1 Å². The lowest BCUT2D eigenvalue weighted by Crippen LogP contribution is -2.28. The van der Waals surface area contributed by atoms with Gasteiger partial charge in [0.2, 0.25) is 0 Å². The molecule has 4 rings (SSSR count). The average Bonchev–Trinajstić information content (AvgIpc) is 3.25. The Balaban J connectivity index is 1.83. The smallest absolute Gasteiger partial charge is 0.254 e. The highest BCUT2D eigenvalue weighted by Crippen LogP contribution is 2.36. The lowest BCUT2D eigenvalue weighted by molar-refractivity contribution is 0.355. The predicted molar refractivity (Wildman–Crippen MR) is 109 cm³/mol. The third-order valence-corrected chi connectivity index (χ3v) is 5.38. The number of fused-ring (bicyclic) bond motifs is 1. The molecular weight excluding hydrogens is 354 g/mol. The SMILES string of the molecule is COc1ccc(-c2cnc3ncnn3c2N2CCCCCCCC2)cc1OC. The Bertz CT molecular complexity index is 930. The molecule has 0 saturated carbocycles. The number of nitrogens with zero attached hydrogens (tertiary/aromatic N) is 5. The number of anilines is 1. The summed E-state index contributed by atoms with van der Waals surface area (Å²) in [6, 6.07) is 5.97. The molecule has 1 aliphatic rings. The van der Waals surface area contributed by atoms with Gasteiger partial charge in [0.25, 0.3) is 5.78 Å². The zero-order valence-electron chi connectivity index (χ0n) is 16.6. The van der Waals surface area contributed by atoms with Crippen molar-refractivity contribution >= 4 is 11.6 Å². The first-order valence-electron chi connectivity index (χ1n) is 9.98. The molecule has 1 saturated heterocycles. The summed E-state index contributed by atoms with van der Waals surface area (Å²) in [5.41, 5.74) is 2.05. The summed E-state index contributed by atoms with van der Waals surface area (Å²) in [6.07, 6.45) is 11.0. The van der Waals surface area contributed by atoms with Crippen molar-refractivity contribution in [3.05, 3.63) is 30.7 Å². The fourth-order valence-corrected chi connectivity index (χ4v) is 3.91. The zero-order chi connectivity index (χ0) is 19.3. The second-order valence-electron chi connectivity index (χ2n) is 7.15. The molecule has 148 valence electrons. The summed E-state index contributed by atoms with van der Waals surface area (Å²) in [6.45, 7) is 2.03. The van der Waals surface area contributed by atoms with Gasteiger partial charge in [0.15, 0.2) is 11.5 Å². The standard InChI is InChI=1S/C21H27N5O2/c1-27-18-10-9-16(13-19(18)28-2)17-14-22-21-23-15-24-26(21)20(17)25-11-7-5-3-4-6-8-12-25/h9-10,13-15H,3-8,11-12H2,1-2H3. The number of ether oxygens (including phenoxy) is 2. The normalized spacial score (nSPS) is 15.7. The summed E-state index contributed by atoms with van der Waals surface area (Å²) in [7, 11) is 3.30. The number of hydrogen-bond donors (Lipinski definition) is 0.